The molecule has 0 heterocycles. The van der Waals surface area contributed by atoms with Gasteiger partial charge in [-0.25, -0.2) is 4.79 Å². The number of rotatable bonds is 7. The van der Waals surface area contributed by atoms with Crippen LogP contribution in [0.2, 0.25) is 5.02 Å². The molecule has 0 aliphatic heterocycles. The molecule has 2 aromatic rings. The fourth-order valence-corrected chi connectivity index (χ4v) is 2.56. The molecule has 28 heavy (non-hydrogen) atoms. The Morgan fingerprint density at radius 1 is 1.21 bits per heavy atom. The van der Waals surface area contributed by atoms with Gasteiger partial charge in [-0.15, -0.1) is 0 Å². The molecular weight excluding hydrogens is 386 g/mol. The Morgan fingerprint density at radius 2 is 1.89 bits per heavy atom. The van der Waals surface area contributed by atoms with Crippen LogP contribution in [0.3, 0.4) is 0 Å². The first-order valence-corrected chi connectivity index (χ1v) is 9.03. The number of carbonyl (C=O) groups excluding carboxylic acids is 2. The quantitative estimate of drug-likeness (QED) is 0.410. The van der Waals surface area contributed by atoms with Crippen molar-refractivity contribution in [1.29, 1.82) is 0 Å². The summed E-state index contributed by atoms with van der Waals surface area (Å²) < 4.78 is 5.14. The predicted octanol–water partition coefficient (Wildman–Crippen LogP) is 4.01. The number of amides is 1. The van der Waals surface area contributed by atoms with Gasteiger partial charge in [0.2, 0.25) is 0 Å². The van der Waals surface area contributed by atoms with Crippen molar-refractivity contribution in [3.63, 3.8) is 0 Å². The number of nitro groups is 1. The van der Waals surface area contributed by atoms with Crippen LogP contribution in [0.1, 0.15) is 30.1 Å². The molecule has 1 saturated carbocycles. The molecule has 146 valence electrons. The van der Waals surface area contributed by atoms with Gasteiger partial charge in [0.25, 0.3) is 11.6 Å². The summed E-state index contributed by atoms with van der Waals surface area (Å²) in [5.74, 6) is -1.35. The molecule has 1 aliphatic carbocycles. The van der Waals surface area contributed by atoms with E-state index in [9.17, 15) is 19.7 Å². The predicted molar refractivity (Wildman–Crippen MR) is 105 cm³/mol. The van der Waals surface area contributed by atoms with Crippen LogP contribution >= 0.6 is 11.6 Å². The van der Waals surface area contributed by atoms with Crippen LogP contribution < -0.4 is 10.6 Å². The minimum atomic E-state index is -1.09. The lowest BCUT2D eigenvalue weighted by atomic mass is 10.1. The van der Waals surface area contributed by atoms with Gasteiger partial charge in [-0.05, 0) is 56.2 Å². The van der Waals surface area contributed by atoms with Crippen LogP contribution in [0, 0.1) is 10.1 Å². The lowest BCUT2D eigenvalue weighted by Crippen LogP contribution is -2.30. The lowest BCUT2D eigenvalue weighted by Gasteiger charge is -2.14. The molecule has 2 N–H and O–H groups in total. The molecule has 0 spiro atoms. The summed E-state index contributed by atoms with van der Waals surface area (Å²) in [5, 5.41) is 17.5. The molecule has 0 bridgehead atoms. The Kier molecular flexibility index (Phi) is 5.79. The van der Waals surface area contributed by atoms with Crippen molar-refractivity contribution in [2.75, 3.05) is 10.6 Å². The number of ether oxygens (including phenoxy) is 1. The number of halogens is 1. The third-order valence-electron chi connectivity index (χ3n) is 4.13. The van der Waals surface area contributed by atoms with Gasteiger partial charge in [-0.2, -0.15) is 0 Å². The number of nitrogens with one attached hydrogen (secondary N) is 2. The highest BCUT2D eigenvalue weighted by molar-refractivity contribution is 6.30. The van der Waals surface area contributed by atoms with Crippen molar-refractivity contribution in [1.82, 2.24) is 0 Å². The third kappa shape index (κ3) is 4.98. The van der Waals surface area contributed by atoms with E-state index in [0.29, 0.717) is 16.4 Å². The van der Waals surface area contributed by atoms with Crippen molar-refractivity contribution in [3.05, 3.63) is 63.2 Å². The van der Waals surface area contributed by atoms with Gasteiger partial charge < -0.3 is 15.4 Å². The smallest absolute Gasteiger partial charge is 0.339 e. The summed E-state index contributed by atoms with van der Waals surface area (Å²) in [7, 11) is 0. The monoisotopic (exact) mass is 403 g/mol. The molecule has 0 unspecified atom stereocenters. The van der Waals surface area contributed by atoms with E-state index in [0.717, 1.165) is 18.9 Å². The van der Waals surface area contributed by atoms with Gasteiger partial charge >= 0.3 is 5.97 Å². The number of nitro benzene ring substituents is 1. The summed E-state index contributed by atoms with van der Waals surface area (Å²) in [6.07, 6.45) is 0.828. The molecule has 0 radical (unpaired) electrons. The highest BCUT2D eigenvalue weighted by Crippen LogP contribution is 2.31. The topological polar surface area (TPSA) is 111 Å². The van der Waals surface area contributed by atoms with E-state index in [-0.39, 0.29) is 17.3 Å². The first-order chi connectivity index (χ1) is 13.3. The number of carbonyl (C=O) groups is 2. The Balaban J connectivity index is 1.65. The van der Waals surface area contributed by atoms with Crippen molar-refractivity contribution in [3.8, 4) is 0 Å². The Labute approximate surface area is 166 Å². The summed E-state index contributed by atoms with van der Waals surface area (Å²) >= 11 is 5.79. The Hall–Kier alpha value is -3.13. The number of nitrogens with zero attached hydrogens (tertiary/aromatic N) is 1. The van der Waals surface area contributed by atoms with E-state index in [1.54, 1.807) is 24.3 Å². The average molecular weight is 404 g/mol. The number of benzene rings is 2. The SMILES string of the molecule is C[C@H](OC(=O)c1ccc(NC2CC2)c([N+](=O)[O-])c1)C(=O)Nc1ccc(Cl)cc1. The van der Waals surface area contributed by atoms with E-state index in [2.05, 4.69) is 10.6 Å². The van der Waals surface area contributed by atoms with Crippen LogP contribution in [0.5, 0.6) is 0 Å². The summed E-state index contributed by atoms with van der Waals surface area (Å²) in [5.41, 5.74) is 0.653. The van der Waals surface area contributed by atoms with E-state index < -0.39 is 22.9 Å². The van der Waals surface area contributed by atoms with Gasteiger partial charge in [-0.1, -0.05) is 11.6 Å². The standard InChI is InChI=1S/C19H18ClN3O5/c1-11(18(24)22-15-5-3-13(20)4-6-15)28-19(25)12-2-9-16(21-14-7-8-14)17(10-12)23(26)27/h2-6,9-11,14,21H,7-8H2,1H3,(H,22,24)/t11-/m0/s1. The van der Waals surface area contributed by atoms with Gasteiger partial charge in [0.15, 0.2) is 6.10 Å². The van der Waals surface area contributed by atoms with Crippen LogP contribution in [0.15, 0.2) is 42.5 Å². The summed E-state index contributed by atoms with van der Waals surface area (Å²) in [6.45, 7) is 1.42. The first kappa shape index (κ1) is 19.6. The number of anilines is 2. The second-order valence-electron chi connectivity index (χ2n) is 6.45. The minimum absolute atomic E-state index is 0.000750. The second-order valence-corrected chi connectivity index (χ2v) is 6.89. The van der Waals surface area contributed by atoms with Crippen LogP contribution in [0.25, 0.3) is 0 Å². The maximum Gasteiger partial charge on any atom is 0.339 e. The summed E-state index contributed by atoms with van der Waals surface area (Å²) in [6, 6.07) is 10.8. The second kappa shape index (κ2) is 8.26. The van der Waals surface area contributed by atoms with Gasteiger partial charge in [-0.3, -0.25) is 14.9 Å². The largest absolute Gasteiger partial charge is 0.449 e. The average Bonchev–Trinajstić information content (AvgIpc) is 3.47. The van der Waals surface area contributed by atoms with Crippen LogP contribution in [0.4, 0.5) is 17.1 Å². The summed E-state index contributed by atoms with van der Waals surface area (Å²) in [4.78, 5) is 35.2. The van der Waals surface area contributed by atoms with Gasteiger partial charge in [0.05, 0.1) is 10.5 Å². The molecule has 9 heteroatoms. The van der Waals surface area contributed by atoms with Crippen molar-refractivity contribution >= 4 is 40.5 Å². The zero-order valence-corrected chi connectivity index (χ0v) is 15.7. The lowest BCUT2D eigenvalue weighted by molar-refractivity contribution is -0.384. The number of hydrogen-bond donors (Lipinski definition) is 2. The molecule has 1 aliphatic rings. The molecule has 3 rings (SSSR count). The fourth-order valence-electron chi connectivity index (χ4n) is 2.44. The number of hydrogen-bond acceptors (Lipinski definition) is 6. The number of esters is 1. The Morgan fingerprint density at radius 3 is 2.50 bits per heavy atom. The van der Waals surface area contributed by atoms with E-state index in [1.165, 1.54) is 19.1 Å². The van der Waals surface area contributed by atoms with Gasteiger partial charge in [0.1, 0.15) is 5.69 Å². The fraction of sp³-hybridized carbons (Fsp3) is 0.263. The van der Waals surface area contributed by atoms with Crippen molar-refractivity contribution < 1.29 is 19.2 Å². The highest BCUT2D eigenvalue weighted by atomic mass is 35.5. The molecule has 0 aromatic heterocycles. The highest BCUT2D eigenvalue weighted by Gasteiger charge is 2.26. The molecular formula is C19H18ClN3O5. The molecule has 1 atom stereocenters. The minimum Gasteiger partial charge on any atom is -0.449 e. The first-order valence-electron chi connectivity index (χ1n) is 8.66. The van der Waals surface area contributed by atoms with E-state index in [1.807, 2.05) is 0 Å². The van der Waals surface area contributed by atoms with Crippen LogP contribution in [-0.2, 0) is 9.53 Å². The van der Waals surface area contributed by atoms with E-state index in [4.69, 9.17) is 16.3 Å². The van der Waals surface area contributed by atoms with E-state index >= 15 is 0 Å². The zero-order valence-electron chi connectivity index (χ0n) is 15.0. The van der Waals surface area contributed by atoms with Gasteiger partial charge in [0, 0.05) is 22.8 Å². The normalized spacial score (nSPS) is 14.1. The molecule has 1 fully saturated rings. The molecule has 1 amide bonds. The maximum atomic E-state index is 12.3. The van der Waals surface area contributed by atoms with Crippen molar-refractivity contribution in [2.45, 2.75) is 31.9 Å². The van der Waals surface area contributed by atoms with Crippen molar-refractivity contribution in [2.24, 2.45) is 0 Å². The zero-order chi connectivity index (χ0) is 20.3. The third-order valence-corrected chi connectivity index (χ3v) is 4.38. The Bertz CT molecular complexity index is 912. The van der Waals surface area contributed by atoms with Crippen LogP contribution in [-0.4, -0.2) is 28.9 Å². The molecule has 2 aromatic carbocycles. The maximum absolute atomic E-state index is 12.3. The molecule has 8 nitrogen and oxygen atoms in total. The molecule has 0 saturated heterocycles.